The van der Waals surface area contributed by atoms with Crippen molar-refractivity contribution in [2.24, 2.45) is 0 Å². The third-order valence-electron chi connectivity index (χ3n) is 4.25. The molecule has 1 aliphatic rings. The van der Waals surface area contributed by atoms with Gasteiger partial charge < -0.3 is 5.32 Å². The van der Waals surface area contributed by atoms with Crippen molar-refractivity contribution in [2.45, 2.75) is 31.6 Å². The highest BCUT2D eigenvalue weighted by atomic mass is 32.1. The first-order chi connectivity index (χ1) is 10.8. The topological polar surface area (TPSA) is 77.4 Å². The summed E-state index contributed by atoms with van der Waals surface area (Å²) >= 11 is 1.58. The lowest BCUT2D eigenvalue weighted by Gasteiger charge is -2.04. The summed E-state index contributed by atoms with van der Waals surface area (Å²) < 4.78 is 0.990. The van der Waals surface area contributed by atoms with E-state index in [1.165, 1.54) is 31.4 Å². The maximum absolute atomic E-state index is 9.14. The summed E-state index contributed by atoms with van der Waals surface area (Å²) in [6, 6.07) is 6.22. The predicted octanol–water partition coefficient (Wildman–Crippen LogP) is 4.29. The quantitative estimate of drug-likeness (QED) is 0.756. The fourth-order valence-electron chi connectivity index (χ4n) is 3.11. The number of hydrogen-bond donors (Lipinski definition) is 2. The van der Waals surface area contributed by atoms with E-state index >= 15 is 0 Å². The molecule has 3 aromatic rings. The fourth-order valence-corrected chi connectivity index (χ4v) is 3.97. The van der Waals surface area contributed by atoms with Crippen molar-refractivity contribution in [1.82, 2.24) is 15.2 Å². The Morgan fingerprint density at radius 2 is 2.23 bits per heavy atom. The molecule has 0 unspecified atom stereocenters. The molecule has 110 valence electrons. The Kier molecular flexibility index (Phi) is 3.28. The Morgan fingerprint density at radius 3 is 3.05 bits per heavy atom. The van der Waals surface area contributed by atoms with Gasteiger partial charge in [0.05, 0.1) is 10.3 Å². The number of anilines is 2. The number of nitrogens with one attached hydrogen (secondary N) is 2. The van der Waals surface area contributed by atoms with Crippen LogP contribution in [0.3, 0.4) is 0 Å². The van der Waals surface area contributed by atoms with E-state index in [9.17, 15) is 0 Å². The van der Waals surface area contributed by atoms with Crippen molar-refractivity contribution < 1.29 is 0 Å². The van der Waals surface area contributed by atoms with Crippen molar-refractivity contribution >= 4 is 33.1 Å². The smallest absolute Gasteiger partial charge is 0.153 e. The van der Waals surface area contributed by atoms with Crippen LogP contribution >= 0.6 is 11.3 Å². The zero-order chi connectivity index (χ0) is 14.9. The van der Waals surface area contributed by atoms with Crippen molar-refractivity contribution in [2.75, 3.05) is 5.32 Å². The van der Waals surface area contributed by atoms with Crippen LogP contribution in [0.4, 0.5) is 11.6 Å². The highest BCUT2D eigenvalue weighted by Crippen LogP contribution is 2.35. The average Bonchev–Trinajstić information content (AvgIpc) is 3.28. The van der Waals surface area contributed by atoms with E-state index in [2.05, 4.69) is 32.6 Å². The van der Waals surface area contributed by atoms with Gasteiger partial charge in [-0.15, -0.1) is 11.3 Å². The van der Waals surface area contributed by atoms with Crippen LogP contribution in [-0.2, 0) is 0 Å². The van der Waals surface area contributed by atoms with E-state index in [0.717, 1.165) is 21.7 Å². The zero-order valence-electron chi connectivity index (χ0n) is 12.0. The summed E-state index contributed by atoms with van der Waals surface area (Å²) in [5.41, 5.74) is 1.81. The Hall–Kier alpha value is -2.39. The SMILES string of the molecule is N#Cc1cnc(Nc2cc(C3CCCC3)[nH]n2)c2sccc12. The standard InChI is InChI=1S/C16H15N5S/c17-8-11-9-18-16(15-12(11)5-6-22-15)19-14-7-13(20-21-14)10-3-1-2-4-10/h5-7,9-10H,1-4H2,(H2,18,19,20,21). The molecule has 0 amide bonds. The molecule has 22 heavy (non-hydrogen) atoms. The van der Waals surface area contributed by atoms with E-state index in [4.69, 9.17) is 5.26 Å². The van der Waals surface area contributed by atoms with E-state index in [-0.39, 0.29) is 0 Å². The van der Waals surface area contributed by atoms with Crippen molar-refractivity contribution in [3.8, 4) is 6.07 Å². The van der Waals surface area contributed by atoms with Gasteiger partial charge >= 0.3 is 0 Å². The number of pyridine rings is 1. The Balaban J connectivity index is 1.64. The maximum atomic E-state index is 9.14. The third-order valence-corrected chi connectivity index (χ3v) is 5.17. The first-order valence-corrected chi connectivity index (χ1v) is 8.32. The molecule has 0 spiro atoms. The minimum atomic E-state index is 0.607. The predicted molar refractivity (Wildman–Crippen MR) is 87.4 cm³/mol. The molecule has 0 atom stereocenters. The fraction of sp³-hybridized carbons (Fsp3) is 0.312. The van der Waals surface area contributed by atoms with Gasteiger partial charge in [-0.1, -0.05) is 12.8 Å². The number of hydrogen-bond acceptors (Lipinski definition) is 5. The van der Waals surface area contributed by atoms with E-state index in [1.807, 2.05) is 11.4 Å². The van der Waals surface area contributed by atoms with Crippen LogP contribution in [0, 0.1) is 11.3 Å². The molecule has 4 rings (SSSR count). The number of aromatic nitrogens is 3. The van der Waals surface area contributed by atoms with Gasteiger partial charge in [-0.05, 0) is 24.3 Å². The third kappa shape index (κ3) is 2.24. The van der Waals surface area contributed by atoms with Crippen LogP contribution in [0.2, 0.25) is 0 Å². The molecule has 6 heteroatoms. The molecule has 0 radical (unpaired) electrons. The van der Waals surface area contributed by atoms with Crippen LogP contribution in [0.1, 0.15) is 42.9 Å². The Morgan fingerprint density at radius 1 is 1.36 bits per heavy atom. The number of H-pyrrole nitrogens is 1. The molecule has 3 heterocycles. The summed E-state index contributed by atoms with van der Waals surface area (Å²) in [4.78, 5) is 4.37. The molecule has 0 aromatic carbocycles. The van der Waals surface area contributed by atoms with Crippen LogP contribution in [0.5, 0.6) is 0 Å². The van der Waals surface area contributed by atoms with Gasteiger partial charge in [0, 0.05) is 29.3 Å². The van der Waals surface area contributed by atoms with Gasteiger partial charge in [0.15, 0.2) is 5.82 Å². The summed E-state index contributed by atoms with van der Waals surface area (Å²) in [6.45, 7) is 0. The maximum Gasteiger partial charge on any atom is 0.153 e. The van der Waals surface area contributed by atoms with Gasteiger partial charge in [0.1, 0.15) is 11.9 Å². The lowest BCUT2D eigenvalue weighted by atomic mass is 10.0. The number of fused-ring (bicyclic) bond motifs is 1. The average molecular weight is 309 g/mol. The first kappa shape index (κ1) is 13.3. The number of nitrogens with zero attached hydrogens (tertiary/aromatic N) is 3. The van der Waals surface area contributed by atoms with Crippen molar-refractivity contribution in [3.63, 3.8) is 0 Å². The molecule has 3 aromatic heterocycles. The minimum absolute atomic E-state index is 0.607. The second-order valence-corrected chi connectivity index (χ2v) is 6.53. The Labute approximate surface area is 132 Å². The molecule has 0 saturated heterocycles. The van der Waals surface area contributed by atoms with Crippen LogP contribution < -0.4 is 5.32 Å². The van der Waals surface area contributed by atoms with Gasteiger partial charge in [0.2, 0.25) is 0 Å². The van der Waals surface area contributed by atoms with Gasteiger partial charge in [0.25, 0.3) is 0 Å². The van der Waals surface area contributed by atoms with E-state index in [1.54, 1.807) is 17.5 Å². The van der Waals surface area contributed by atoms with Gasteiger partial charge in [-0.2, -0.15) is 10.4 Å². The second-order valence-electron chi connectivity index (χ2n) is 5.61. The molecular formula is C16H15N5S. The summed E-state index contributed by atoms with van der Waals surface area (Å²) in [6.07, 6.45) is 6.71. The van der Waals surface area contributed by atoms with Crippen LogP contribution in [-0.4, -0.2) is 15.2 Å². The molecule has 5 nitrogen and oxygen atoms in total. The molecule has 0 bridgehead atoms. The van der Waals surface area contributed by atoms with Crippen molar-refractivity contribution in [1.29, 1.82) is 5.26 Å². The lowest BCUT2D eigenvalue weighted by molar-refractivity contribution is 0.693. The normalized spacial score (nSPS) is 15.2. The number of aromatic amines is 1. The largest absolute Gasteiger partial charge is 0.322 e. The number of thiophene rings is 1. The second kappa shape index (κ2) is 5.43. The molecule has 1 fully saturated rings. The Bertz CT molecular complexity index is 851. The number of rotatable bonds is 3. The number of nitriles is 1. The summed E-state index contributed by atoms with van der Waals surface area (Å²) in [5, 5.41) is 22.8. The lowest BCUT2D eigenvalue weighted by Crippen LogP contribution is -1.94. The van der Waals surface area contributed by atoms with E-state index < -0.39 is 0 Å². The van der Waals surface area contributed by atoms with Gasteiger partial charge in [-0.25, -0.2) is 4.98 Å². The molecule has 1 saturated carbocycles. The summed E-state index contributed by atoms with van der Waals surface area (Å²) in [5.74, 6) is 2.15. The molecular weight excluding hydrogens is 294 g/mol. The molecule has 0 aliphatic heterocycles. The summed E-state index contributed by atoms with van der Waals surface area (Å²) in [7, 11) is 0. The van der Waals surface area contributed by atoms with Gasteiger partial charge in [-0.3, -0.25) is 5.10 Å². The zero-order valence-corrected chi connectivity index (χ0v) is 12.8. The van der Waals surface area contributed by atoms with Crippen LogP contribution in [0.25, 0.3) is 10.1 Å². The highest BCUT2D eigenvalue weighted by Gasteiger charge is 2.19. The molecule has 2 N–H and O–H groups in total. The van der Waals surface area contributed by atoms with Crippen LogP contribution in [0.15, 0.2) is 23.7 Å². The highest BCUT2D eigenvalue weighted by molar-refractivity contribution is 7.17. The van der Waals surface area contributed by atoms with Crippen molar-refractivity contribution in [3.05, 3.63) is 35.0 Å². The first-order valence-electron chi connectivity index (χ1n) is 7.44. The monoisotopic (exact) mass is 309 g/mol. The molecule has 1 aliphatic carbocycles. The minimum Gasteiger partial charge on any atom is -0.322 e. The van der Waals surface area contributed by atoms with E-state index in [0.29, 0.717) is 11.5 Å².